The number of carboxylic acid groups (broad SMARTS) is 1. The van der Waals surface area contributed by atoms with Gasteiger partial charge in [-0.2, -0.15) is 0 Å². The van der Waals surface area contributed by atoms with E-state index in [9.17, 15) is 9.59 Å². The van der Waals surface area contributed by atoms with E-state index in [-0.39, 0.29) is 13.0 Å². The molecule has 4 N–H and O–H groups in total. The average Bonchev–Trinajstić information content (AvgIpc) is 2.81. The number of aliphatic hydroxyl groups is 1. The molecule has 0 fully saturated rings. The Bertz CT molecular complexity index is 380. The highest BCUT2D eigenvalue weighted by Crippen LogP contribution is 1.91. The zero-order chi connectivity index (χ0) is 13.4. The standard InChI is InChI=1S/C9H15N5O4/c15-6-1-7(8(16)17)12-9(18)10-2-4-14-5-3-11-13-14/h3,5,7,15H,1-2,4,6H2,(H,16,17)(H2,10,12,18)/t7-/m1/s1. The van der Waals surface area contributed by atoms with Crippen LogP contribution in [0.15, 0.2) is 12.4 Å². The Morgan fingerprint density at radius 3 is 2.78 bits per heavy atom. The molecule has 1 heterocycles. The molecule has 9 nitrogen and oxygen atoms in total. The lowest BCUT2D eigenvalue weighted by molar-refractivity contribution is -0.139. The van der Waals surface area contributed by atoms with Crippen LogP contribution in [-0.4, -0.2) is 56.4 Å². The van der Waals surface area contributed by atoms with Gasteiger partial charge in [0.15, 0.2) is 0 Å². The van der Waals surface area contributed by atoms with Crippen LogP contribution in [-0.2, 0) is 11.3 Å². The van der Waals surface area contributed by atoms with Crippen LogP contribution in [0.3, 0.4) is 0 Å². The van der Waals surface area contributed by atoms with Gasteiger partial charge in [0.25, 0.3) is 0 Å². The van der Waals surface area contributed by atoms with Crippen LogP contribution < -0.4 is 10.6 Å². The van der Waals surface area contributed by atoms with Crippen LogP contribution in [0.2, 0.25) is 0 Å². The predicted molar refractivity (Wildman–Crippen MR) is 59.7 cm³/mol. The maximum absolute atomic E-state index is 11.3. The van der Waals surface area contributed by atoms with E-state index >= 15 is 0 Å². The van der Waals surface area contributed by atoms with Crippen LogP contribution in [0.25, 0.3) is 0 Å². The van der Waals surface area contributed by atoms with Crippen LogP contribution >= 0.6 is 0 Å². The van der Waals surface area contributed by atoms with Crippen molar-refractivity contribution in [1.82, 2.24) is 25.6 Å². The molecule has 0 saturated carbocycles. The SMILES string of the molecule is O=C(NCCn1ccnn1)N[C@H](CCO)C(=O)O. The smallest absolute Gasteiger partial charge is 0.326 e. The Hall–Kier alpha value is -2.16. The van der Waals surface area contributed by atoms with E-state index in [1.54, 1.807) is 6.20 Å². The highest BCUT2D eigenvalue weighted by atomic mass is 16.4. The normalized spacial score (nSPS) is 11.8. The summed E-state index contributed by atoms with van der Waals surface area (Å²) in [7, 11) is 0. The van der Waals surface area contributed by atoms with Crippen molar-refractivity contribution in [2.75, 3.05) is 13.2 Å². The second-order valence-electron chi connectivity index (χ2n) is 3.47. The number of aliphatic carboxylic acids is 1. The maximum Gasteiger partial charge on any atom is 0.326 e. The molecule has 18 heavy (non-hydrogen) atoms. The first-order chi connectivity index (χ1) is 8.63. The number of nitrogens with zero attached hydrogens (tertiary/aromatic N) is 3. The Morgan fingerprint density at radius 1 is 1.44 bits per heavy atom. The molecule has 0 aromatic carbocycles. The lowest BCUT2D eigenvalue weighted by atomic mass is 10.2. The van der Waals surface area contributed by atoms with E-state index in [1.165, 1.54) is 10.9 Å². The number of amides is 2. The Kier molecular flexibility index (Phi) is 5.58. The lowest BCUT2D eigenvalue weighted by Crippen LogP contribution is -2.47. The molecule has 0 radical (unpaired) electrons. The molecule has 0 unspecified atom stereocenters. The van der Waals surface area contributed by atoms with E-state index < -0.39 is 18.0 Å². The van der Waals surface area contributed by atoms with Gasteiger partial charge >= 0.3 is 12.0 Å². The number of carbonyl (C=O) groups excluding carboxylic acids is 1. The van der Waals surface area contributed by atoms with Crippen LogP contribution in [0.1, 0.15) is 6.42 Å². The number of aliphatic hydroxyl groups excluding tert-OH is 1. The fourth-order valence-corrected chi connectivity index (χ4v) is 1.23. The third kappa shape index (κ3) is 4.78. The molecule has 0 aliphatic heterocycles. The van der Waals surface area contributed by atoms with Gasteiger partial charge < -0.3 is 20.8 Å². The third-order valence-electron chi connectivity index (χ3n) is 2.12. The zero-order valence-corrected chi connectivity index (χ0v) is 9.61. The second kappa shape index (κ2) is 7.22. The van der Waals surface area contributed by atoms with Crippen LogP contribution in [0.4, 0.5) is 4.79 Å². The summed E-state index contributed by atoms with van der Waals surface area (Å²) in [6.07, 6.45) is 3.12. The molecule has 2 amide bonds. The molecule has 1 aromatic heterocycles. The molecule has 0 bridgehead atoms. The summed E-state index contributed by atoms with van der Waals surface area (Å²) in [6, 6.07) is -1.70. The highest BCUT2D eigenvalue weighted by molar-refractivity contribution is 5.82. The summed E-state index contributed by atoms with van der Waals surface area (Å²) in [6.45, 7) is 0.419. The minimum Gasteiger partial charge on any atom is -0.480 e. The van der Waals surface area contributed by atoms with E-state index in [0.29, 0.717) is 13.1 Å². The zero-order valence-electron chi connectivity index (χ0n) is 9.61. The van der Waals surface area contributed by atoms with Gasteiger partial charge in [0.2, 0.25) is 0 Å². The number of aromatic nitrogens is 3. The fourth-order valence-electron chi connectivity index (χ4n) is 1.23. The Labute approximate surface area is 103 Å². The first-order valence-corrected chi connectivity index (χ1v) is 5.35. The molecular formula is C9H15N5O4. The molecule has 9 heteroatoms. The van der Waals surface area contributed by atoms with Gasteiger partial charge in [-0.05, 0) is 0 Å². The lowest BCUT2D eigenvalue weighted by Gasteiger charge is -2.13. The minimum absolute atomic E-state index is 0.0359. The van der Waals surface area contributed by atoms with E-state index in [4.69, 9.17) is 10.2 Å². The fraction of sp³-hybridized carbons (Fsp3) is 0.556. The summed E-state index contributed by atoms with van der Waals surface area (Å²) in [5.41, 5.74) is 0. The number of hydrogen-bond donors (Lipinski definition) is 4. The number of carbonyl (C=O) groups is 2. The van der Waals surface area contributed by atoms with Gasteiger partial charge in [-0.15, -0.1) is 5.10 Å². The monoisotopic (exact) mass is 257 g/mol. The largest absolute Gasteiger partial charge is 0.480 e. The maximum atomic E-state index is 11.3. The predicted octanol–water partition coefficient (Wildman–Crippen LogP) is -1.59. The van der Waals surface area contributed by atoms with Crippen molar-refractivity contribution < 1.29 is 19.8 Å². The van der Waals surface area contributed by atoms with Gasteiger partial charge in [0.1, 0.15) is 6.04 Å². The molecule has 0 spiro atoms. The third-order valence-corrected chi connectivity index (χ3v) is 2.12. The van der Waals surface area contributed by atoms with Crippen molar-refractivity contribution in [2.24, 2.45) is 0 Å². The number of nitrogens with one attached hydrogen (secondary N) is 2. The summed E-state index contributed by atoms with van der Waals surface area (Å²) in [5.74, 6) is -1.18. The van der Waals surface area contributed by atoms with Gasteiger partial charge in [0.05, 0.1) is 12.7 Å². The first kappa shape index (κ1) is 13.9. The van der Waals surface area contributed by atoms with Gasteiger partial charge in [0, 0.05) is 25.8 Å². The number of hydrogen-bond acceptors (Lipinski definition) is 5. The first-order valence-electron chi connectivity index (χ1n) is 5.35. The number of rotatable bonds is 7. The quantitative estimate of drug-likeness (QED) is 0.466. The summed E-state index contributed by atoms with van der Waals surface area (Å²) >= 11 is 0. The highest BCUT2D eigenvalue weighted by Gasteiger charge is 2.18. The molecule has 0 saturated heterocycles. The van der Waals surface area contributed by atoms with Crippen LogP contribution in [0.5, 0.6) is 0 Å². The van der Waals surface area contributed by atoms with Gasteiger partial charge in [-0.1, -0.05) is 5.21 Å². The van der Waals surface area contributed by atoms with Gasteiger partial charge in [-0.25, -0.2) is 9.59 Å². The molecule has 1 aromatic rings. The van der Waals surface area contributed by atoms with Crippen molar-refractivity contribution in [3.63, 3.8) is 0 Å². The van der Waals surface area contributed by atoms with Crippen molar-refractivity contribution in [3.05, 3.63) is 12.4 Å². The summed E-state index contributed by atoms with van der Waals surface area (Å²) in [5, 5.41) is 29.4. The van der Waals surface area contributed by atoms with E-state index in [2.05, 4.69) is 20.9 Å². The Balaban J connectivity index is 2.25. The Morgan fingerprint density at radius 2 is 2.22 bits per heavy atom. The van der Waals surface area contributed by atoms with Crippen LogP contribution in [0, 0.1) is 0 Å². The molecule has 1 atom stereocenters. The second-order valence-corrected chi connectivity index (χ2v) is 3.47. The van der Waals surface area contributed by atoms with Gasteiger partial charge in [-0.3, -0.25) is 4.68 Å². The summed E-state index contributed by atoms with van der Waals surface area (Å²) in [4.78, 5) is 22.1. The van der Waals surface area contributed by atoms with Crippen molar-refractivity contribution in [3.8, 4) is 0 Å². The van der Waals surface area contributed by atoms with Crippen molar-refractivity contribution in [1.29, 1.82) is 0 Å². The molecule has 1 rings (SSSR count). The minimum atomic E-state index is -1.18. The molecule has 0 aliphatic carbocycles. The topological polar surface area (TPSA) is 129 Å². The van der Waals surface area contributed by atoms with Crippen molar-refractivity contribution in [2.45, 2.75) is 19.0 Å². The average molecular weight is 257 g/mol. The van der Waals surface area contributed by atoms with E-state index in [1.807, 2.05) is 0 Å². The number of carboxylic acids is 1. The molecular weight excluding hydrogens is 242 g/mol. The number of urea groups is 1. The summed E-state index contributed by atoms with van der Waals surface area (Å²) < 4.78 is 1.53. The van der Waals surface area contributed by atoms with E-state index in [0.717, 1.165) is 0 Å². The molecule has 0 aliphatic rings. The van der Waals surface area contributed by atoms with Crippen molar-refractivity contribution >= 4 is 12.0 Å². The molecule has 100 valence electrons.